The Bertz CT molecular complexity index is 449. The second-order valence-corrected chi connectivity index (χ2v) is 3.28. The van der Waals surface area contributed by atoms with E-state index in [1.807, 2.05) is 13.0 Å². The first-order chi connectivity index (χ1) is 7.25. The van der Waals surface area contributed by atoms with E-state index in [2.05, 4.69) is 25.7 Å². The molecule has 0 aliphatic rings. The summed E-state index contributed by atoms with van der Waals surface area (Å²) in [6.45, 7) is 2.55. The van der Waals surface area contributed by atoms with Crippen molar-refractivity contribution in [3.05, 3.63) is 29.6 Å². The zero-order valence-electron chi connectivity index (χ0n) is 8.36. The molecule has 2 aromatic heterocycles. The highest BCUT2D eigenvalue weighted by Gasteiger charge is 2.01. The lowest BCUT2D eigenvalue weighted by atomic mass is 10.3. The summed E-state index contributed by atoms with van der Waals surface area (Å²) in [4.78, 5) is 0. The zero-order valence-corrected chi connectivity index (χ0v) is 8.36. The van der Waals surface area contributed by atoms with Gasteiger partial charge in [0.2, 0.25) is 0 Å². The number of nitrogens with one attached hydrogen (secondary N) is 2. The number of hydrogen-bond donors (Lipinski definition) is 3. The largest absolute Gasteiger partial charge is 0.384 e. The van der Waals surface area contributed by atoms with Gasteiger partial charge in [-0.3, -0.25) is 5.10 Å². The highest BCUT2D eigenvalue weighted by molar-refractivity contribution is 5.42. The smallest absolute Gasteiger partial charge is 0.149 e. The first-order valence-electron chi connectivity index (χ1n) is 4.56. The maximum absolute atomic E-state index is 5.64. The molecule has 0 atom stereocenters. The lowest BCUT2D eigenvalue weighted by Crippen LogP contribution is -2.03. The Morgan fingerprint density at radius 1 is 1.47 bits per heavy atom. The lowest BCUT2D eigenvalue weighted by molar-refractivity contribution is 0.989. The van der Waals surface area contributed by atoms with Crippen molar-refractivity contribution in [2.75, 3.05) is 11.1 Å². The number of nitrogens with zero attached hydrogens (tertiary/aromatic N) is 3. The molecule has 0 aliphatic carbocycles. The summed E-state index contributed by atoms with van der Waals surface area (Å²) >= 11 is 0. The molecule has 0 fully saturated rings. The van der Waals surface area contributed by atoms with Gasteiger partial charge in [-0.15, -0.1) is 5.10 Å². The Balaban J connectivity index is 2.02. The number of anilines is 2. The third kappa shape index (κ3) is 2.22. The molecule has 2 heterocycles. The van der Waals surface area contributed by atoms with Crippen LogP contribution in [0.5, 0.6) is 0 Å². The number of aromatic amines is 1. The molecular formula is C9H12N6. The van der Waals surface area contributed by atoms with Gasteiger partial charge in [-0.25, -0.2) is 0 Å². The van der Waals surface area contributed by atoms with Gasteiger partial charge in [0.15, 0.2) is 0 Å². The highest BCUT2D eigenvalue weighted by atomic mass is 15.2. The van der Waals surface area contributed by atoms with Crippen molar-refractivity contribution in [2.45, 2.75) is 13.5 Å². The van der Waals surface area contributed by atoms with Crippen molar-refractivity contribution in [3.63, 3.8) is 0 Å². The van der Waals surface area contributed by atoms with Gasteiger partial charge in [-0.1, -0.05) is 0 Å². The number of nitrogen functional groups attached to an aromatic ring is 1. The van der Waals surface area contributed by atoms with Crippen molar-refractivity contribution >= 4 is 11.6 Å². The van der Waals surface area contributed by atoms with Gasteiger partial charge in [-0.2, -0.15) is 10.2 Å². The van der Waals surface area contributed by atoms with Gasteiger partial charge in [-0.05, 0) is 18.6 Å². The van der Waals surface area contributed by atoms with Crippen LogP contribution in [0, 0.1) is 6.92 Å². The van der Waals surface area contributed by atoms with Crippen molar-refractivity contribution < 1.29 is 0 Å². The molecule has 0 aliphatic heterocycles. The SMILES string of the molecule is Cc1cnnc(NCc2cn[nH]c2N)c1. The van der Waals surface area contributed by atoms with Crippen molar-refractivity contribution in [1.29, 1.82) is 0 Å². The third-order valence-electron chi connectivity index (χ3n) is 2.00. The van der Waals surface area contributed by atoms with Crippen molar-refractivity contribution in [2.24, 2.45) is 0 Å². The molecule has 0 aromatic carbocycles. The number of hydrogen-bond acceptors (Lipinski definition) is 5. The van der Waals surface area contributed by atoms with Crippen LogP contribution in [-0.4, -0.2) is 20.4 Å². The van der Waals surface area contributed by atoms with Gasteiger partial charge in [0.1, 0.15) is 11.6 Å². The summed E-state index contributed by atoms with van der Waals surface area (Å²) in [5, 5.41) is 17.4. The fourth-order valence-corrected chi connectivity index (χ4v) is 1.20. The first kappa shape index (κ1) is 9.45. The molecule has 6 nitrogen and oxygen atoms in total. The van der Waals surface area contributed by atoms with E-state index in [4.69, 9.17) is 5.73 Å². The van der Waals surface area contributed by atoms with Gasteiger partial charge >= 0.3 is 0 Å². The Morgan fingerprint density at radius 2 is 2.33 bits per heavy atom. The average molecular weight is 204 g/mol. The van der Waals surface area contributed by atoms with Crippen LogP contribution in [0.3, 0.4) is 0 Å². The van der Waals surface area contributed by atoms with E-state index in [1.54, 1.807) is 12.4 Å². The summed E-state index contributed by atoms with van der Waals surface area (Å²) in [6.07, 6.45) is 3.39. The van der Waals surface area contributed by atoms with Crippen molar-refractivity contribution in [1.82, 2.24) is 20.4 Å². The predicted molar refractivity (Wildman–Crippen MR) is 57.1 cm³/mol. The number of H-pyrrole nitrogens is 1. The average Bonchev–Trinajstić information content (AvgIpc) is 2.61. The Kier molecular flexibility index (Phi) is 2.49. The molecule has 0 bridgehead atoms. The summed E-state index contributed by atoms with van der Waals surface area (Å²) in [7, 11) is 0. The van der Waals surface area contributed by atoms with Crippen LogP contribution < -0.4 is 11.1 Å². The molecule has 2 rings (SSSR count). The molecule has 0 spiro atoms. The minimum absolute atomic E-state index is 0.572. The van der Waals surface area contributed by atoms with E-state index in [1.165, 1.54) is 0 Å². The Morgan fingerprint density at radius 3 is 3.00 bits per heavy atom. The molecular weight excluding hydrogens is 192 g/mol. The topological polar surface area (TPSA) is 92.5 Å². The minimum atomic E-state index is 0.572. The quantitative estimate of drug-likeness (QED) is 0.684. The summed E-state index contributed by atoms with van der Waals surface area (Å²) in [5.41, 5.74) is 7.62. The fraction of sp³-hybridized carbons (Fsp3) is 0.222. The minimum Gasteiger partial charge on any atom is -0.384 e. The lowest BCUT2D eigenvalue weighted by Gasteiger charge is -2.03. The van der Waals surface area contributed by atoms with Crippen LogP contribution in [0.1, 0.15) is 11.1 Å². The molecule has 0 saturated heterocycles. The maximum Gasteiger partial charge on any atom is 0.149 e. The van der Waals surface area contributed by atoms with Crippen LogP contribution in [0.15, 0.2) is 18.5 Å². The normalized spacial score (nSPS) is 10.2. The third-order valence-corrected chi connectivity index (χ3v) is 2.00. The molecule has 0 unspecified atom stereocenters. The standard InChI is InChI=1S/C9H12N6/c1-6-2-8(14-12-3-6)11-4-7-5-13-15-9(7)10/h2-3,5H,4H2,1H3,(H,11,14)(H3,10,13,15). The number of nitrogens with two attached hydrogens (primary N) is 1. The maximum atomic E-state index is 5.64. The molecule has 15 heavy (non-hydrogen) atoms. The van der Waals surface area contributed by atoms with E-state index >= 15 is 0 Å². The van der Waals surface area contributed by atoms with Gasteiger partial charge in [0.05, 0.1) is 12.4 Å². The zero-order chi connectivity index (χ0) is 10.7. The Labute approximate surface area is 86.9 Å². The van der Waals surface area contributed by atoms with Gasteiger partial charge < -0.3 is 11.1 Å². The summed E-state index contributed by atoms with van der Waals surface area (Å²) < 4.78 is 0. The molecule has 2 aromatic rings. The van der Waals surface area contributed by atoms with E-state index in [0.717, 1.165) is 16.9 Å². The Hall–Kier alpha value is -2.11. The summed E-state index contributed by atoms with van der Waals surface area (Å²) in [6, 6.07) is 1.92. The van der Waals surface area contributed by atoms with Crippen LogP contribution in [0.25, 0.3) is 0 Å². The van der Waals surface area contributed by atoms with Crippen LogP contribution >= 0.6 is 0 Å². The van der Waals surface area contributed by atoms with E-state index in [9.17, 15) is 0 Å². The van der Waals surface area contributed by atoms with Crippen LogP contribution in [0.4, 0.5) is 11.6 Å². The fourth-order valence-electron chi connectivity index (χ4n) is 1.20. The molecule has 0 radical (unpaired) electrons. The molecule has 6 heteroatoms. The summed E-state index contributed by atoms with van der Waals surface area (Å²) in [5.74, 6) is 1.30. The first-order valence-corrected chi connectivity index (χ1v) is 4.56. The monoisotopic (exact) mass is 204 g/mol. The number of aromatic nitrogens is 4. The second-order valence-electron chi connectivity index (χ2n) is 3.28. The predicted octanol–water partition coefficient (Wildman–Crippen LogP) is 0.702. The molecule has 0 amide bonds. The van der Waals surface area contributed by atoms with E-state index in [-0.39, 0.29) is 0 Å². The number of aryl methyl sites for hydroxylation is 1. The molecule has 78 valence electrons. The van der Waals surface area contributed by atoms with Gasteiger partial charge in [0.25, 0.3) is 0 Å². The number of rotatable bonds is 3. The van der Waals surface area contributed by atoms with E-state index < -0.39 is 0 Å². The second kappa shape index (κ2) is 3.95. The molecule has 0 saturated carbocycles. The molecule has 4 N–H and O–H groups in total. The van der Waals surface area contributed by atoms with Crippen LogP contribution in [-0.2, 0) is 6.54 Å². The van der Waals surface area contributed by atoms with Crippen molar-refractivity contribution in [3.8, 4) is 0 Å². The van der Waals surface area contributed by atoms with E-state index in [0.29, 0.717) is 12.4 Å². The van der Waals surface area contributed by atoms with Gasteiger partial charge in [0, 0.05) is 12.1 Å². The highest BCUT2D eigenvalue weighted by Crippen LogP contribution is 2.09. The van der Waals surface area contributed by atoms with Crippen LogP contribution in [0.2, 0.25) is 0 Å².